The van der Waals surface area contributed by atoms with E-state index in [0.29, 0.717) is 30.6 Å². The predicted molar refractivity (Wildman–Crippen MR) is 76.7 cm³/mol. The van der Waals surface area contributed by atoms with Crippen LogP contribution in [0.15, 0.2) is 28.8 Å². The second kappa shape index (κ2) is 6.52. The van der Waals surface area contributed by atoms with Gasteiger partial charge in [0.2, 0.25) is 5.89 Å². The van der Waals surface area contributed by atoms with E-state index in [0.717, 1.165) is 11.3 Å². The summed E-state index contributed by atoms with van der Waals surface area (Å²) in [6.07, 6.45) is 0.621. The van der Waals surface area contributed by atoms with Crippen LogP contribution in [0.4, 0.5) is 0 Å². The molecule has 5 nitrogen and oxygen atoms in total. The van der Waals surface area contributed by atoms with E-state index < -0.39 is 0 Å². The van der Waals surface area contributed by atoms with Crippen molar-refractivity contribution in [3.8, 4) is 5.75 Å². The zero-order chi connectivity index (χ0) is 14.5. The summed E-state index contributed by atoms with van der Waals surface area (Å²) < 4.78 is 10.5. The minimum atomic E-state index is 0.113. The van der Waals surface area contributed by atoms with E-state index in [1.165, 1.54) is 0 Å². The molecule has 2 aromatic rings. The molecule has 0 bridgehead atoms. The third-order valence-electron chi connectivity index (χ3n) is 3.36. The number of hydrogen-bond donors (Lipinski definition) is 1. The van der Waals surface area contributed by atoms with E-state index >= 15 is 0 Å². The summed E-state index contributed by atoms with van der Waals surface area (Å²) >= 11 is 0. The first-order chi connectivity index (χ1) is 9.63. The Hall–Kier alpha value is -1.88. The fraction of sp³-hybridized carbons (Fsp3) is 0.467. The lowest BCUT2D eigenvalue weighted by Crippen LogP contribution is -2.18. The van der Waals surface area contributed by atoms with Crippen LogP contribution in [-0.4, -0.2) is 23.8 Å². The predicted octanol–water partition coefficient (Wildman–Crippen LogP) is 2.37. The number of methoxy groups -OCH3 is 1. The van der Waals surface area contributed by atoms with Crippen LogP contribution >= 0.6 is 0 Å². The molecule has 1 unspecified atom stereocenters. The molecule has 0 saturated carbocycles. The van der Waals surface area contributed by atoms with Crippen LogP contribution in [0.1, 0.15) is 37.0 Å². The molecule has 0 aliphatic carbocycles. The summed E-state index contributed by atoms with van der Waals surface area (Å²) in [7, 11) is 1.65. The van der Waals surface area contributed by atoms with Crippen LogP contribution < -0.4 is 10.5 Å². The van der Waals surface area contributed by atoms with Crippen LogP contribution in [0.2, 0.25) is 0 Å². The zero-order valence-corrected chi connectivity index (χ0v) is 12.2. The molecular weight excluding hydrogens is 254 g/mol. The van der Waals surface area contributed by atoms with Crippen molar-refractivity contribution in [1.29, 1.82) is 0 Å². The first-order valence-corrected chi connectivity index (χ1v) is 6.79. The largest absolute Gasteiger partial charge is 0.497 e. The van der Waals surface area contributed by atoms with Gasteiger partial charge in [-0.15, -0.1) is 0 Å². The lowest BCUT2D eigenvalue weighted by Gasteiger charge is -2.13. The molecule has 108 valence electrons. The Morgan fingerprint density at radius 3 is 2.80 bits per heavy atom. The van der Waals surface area contributed by atoms with Gasteiger partial charge in [0.05, 0.1) is 13.0 Å². The Bertz CT molecular complexity index is 552. The SMILES string of the molecule is COc1cccc(Cc2noc(C(CN)C(C)C)n2)c1. The van der Waals surface area contributed by atoms with Crippen molar-refractivity contribution in [2.24, 2.45) is 11.7 Å². The first kappa shape index (κ1) is 14.5. The number of nitrogens with zero attached hydrogens (tertiary/aromatic N) is 2. The minimum absolute atomic E-state index is 0.113. The molecule has 1 aromatic heterocycles. The van der Waals surface area contributed by atoms with E-state index in [4.69, 9.17) is 15.0 Å². The molecule has 1 atom stereocenters. The highest BCUT2D eigenvalue weighted by molar-refractivity contribution is 5.30. The fourth-order valence-electron chi connectivity index (χ4n) is 2.11. The zero-order valence-electron chi connectivity index (χ0n) is 12.2. The molecule has 0 fully saturated rings. The van der Waals surface area contributed by atoms with Crippen LogP contribution in [0.5, 0.6) is 5.75 Å². The normalized spacial score (nSPS) is 12.7. The average Bonchev–Trinajstić information content (AvgIpc) is 2.87. The van der Waals surface area contributed by atoms with Gasteiger partial charge in [0.1, 0.15) is 5.75 Å². The molecular formula is C15H21N3O2. The Morgan fingerprint density at radius 1 is 1.35 bits per heavy atom. The summed E-state index contributed by atoms with van der Waals surface area (Å²) in [4.78, 5) is 4.45. The lowest BCUT2D eigenvalue weighted by atomic mass is 9.96. The second-order valence-electron chi connectivity index (χ2n) is 5.16. The van der Waals surface area contributed by atoms with Crippen LogP contribution in [0.25, 0.3) is 0 Å². The monoisotopic (exact) mass is 275 g/mol. The van der Waals surface area contributed by atoms with Gasteiger partial charge in [-0.1, -0.05) is 31.1 Å². The molecule has 20 heavy (non-hydrogen) atoms. The third-order valence-corrected chi connectivity index (χ3v) is 3.36. The van der Waals surface area contributed by atoms with Gasteiger partial charge >= 0.3 is 0 Å². The number of nitrogens with two attached hydrogens (primary N) is 1. The lowest BCUT2D eigenvalue weighted by molar-refractivity contribution is 0.322. The van der Waals surface area contributed by atoms with Crippen molar-refractivity contribution in [3.63, 3.8) is 0 Å². The van der Waals surface area contributed by atoms with Gasteiger partial charge in [-0.25, -0.2) is 0 Å². The van der Waals surface area contributed by atoms with Crippen molar-refractivity contribution in [3.05, 3.63) is 41.5 Å². The van der Waals surface area contributed by atoms with E-state index in [1.807, 2.05) is 24.3 Å². The molecule has 0 saturated heterocycles. The highest BCUT2D eigenvalue weighted by atomic mass is 16.5. The van der Waals surface area contributed by atoms with Crippen molar-refractivity contribution in [2.45, 2.75) is 26.2 Å². The molecule has 0 aliphatic rings. The molecule has 1 heterocycles. The smallest absolute Gasteiger partial charge is 0.231 e. The van der Waals surface area contributed by atoms with Gasteiger partial charge in [0.25, 0.3) is 0 Å². The standard InChI is InChI=1S/C15H21N3O2/c1-10(2)13(9-16)15-17-14(18-20-15)8-11-5-4-6-12(7-11)19-3/h4-7,10,13H,8-9,16H2,1-3H3. The maximum absolute atomic E-state index is 5.76. The molecule has 0 radical (unpaired) electrons. The molecule has 0 aliphatic heterocycles. The van der Waals surface area contributed by atoms with Crippen LogP contribution in [-0.2, 0) is 6.42 Å². The number of ether oxygens (including phenoxy) is 1. The van der Waals surface area contributed by atoms with E-state index in [-0.39, 0.29) is 5.92 Å². The van der Waals surface area contributed by atoms with E-state index in [1.54, 1.807) is 7.11 Å². The summed E-state index contributed by atoms with van der Waals surface area (Å²) in [5.74, 6) is 2.62. The van der Waals surface area contributed by atoms with Crippen molar-refractivity contribution < 1.29 is 9.26 Å². The fourth-order valence-corrected chi connectivity index (χ4v) is 2.11. The maximum atomic E-state index is 5.76. The topological polar surface area (TPSA) is 74.2 Å². The Labute approximate surface area is 119 Å². The van der Waals surface area contributed by atoms with Gasteiger partial charge in [0, 0.05) is 13.0 Å². The van der Waals surface area contributed by atoms with Gasteiger partial charge in [-0.3, -0.25) is 0 Å². The molecule has 2 N–H and O–H groups in total. The number of hydrogen-bond acceptors (Lipinski definition) is 5. The average molecular weight is 275 g/mol. The van der Waals surface area contributed by atoms with E-state index in [9.17, 15) is 0 Å². The molecule has 1 aromatic carbocycles. The van der Waals surface area contributed by atoms with Gasteiger partial charge in [-0.05, 0) is 23.6 Å². The van der Waals surface area contributed by atoms with Gasteiger partial charge in [0.15, 0.2) is 5.82 Å². The number of aromatic nitrogens is 2. The Kier molecular flexibility index (Phi) is 4.74. The highest BCUT2D eigenvalue weighted by Crippen LogP contribution is 2.22. The molecule has 0 spiro atoms. The minimum Gasteiger partial charge on any atom is -0.497 e. The summed E-state index contributed by atoms with van der Waals surface area (Å²) in [6.45, 7) is 4.71. The van der Waals surface area contributed by atoms with Crippen molar-refractivity contribution >= 4 is 0 Å². The Balaban J connectivity index is 2.12. The number of rotatable bonds is 6. The summed E-state index contributed by atoms with van der Waals surface area (Å²) in [5.41, 5.74) is 6.85. The van der Waals surface area contributed by atoms with Crippen LogP contribution in [0.3, 0.4) is 0 Å². The summed E-state index contributed by atoms with van der Waals surface area (Å²) in [5, 5.41) is 4.04. The Morgan fingerprint density at radius 2 is 2.15 bits per heavy atom. The second-order valence-corrected chi connectivity index (χ2v) is 5.16. The first-order valence-electron chi connectivity index (χ1n) is 6.79. The quantitative estimate of drug-likeness (QED) is 0.876. The number of benzene rings is 1. The highest BCUT2D eigenvalue weighted by Gasteiger charge is 2.21. The maximum Gasteiger partial charge on any atom is 0.231 e. The van der Waals surface area contributed by atoms with Crippen LogP contribution in [0, 0.1) is 5.92 Å². The van der Waals surface area contributed by atoms with Gasteiger partial charge < -0.3 is 15.0 Å². The molecule has 5 heteroatoms. The summed E-state index contributed by atoms with van der Waals surface area (Å²) in [6, 6.07) is 7.85. The molecule has 2 rings (SSSR count). The van der Waals surface area contributed by atoms with Gasteiger partial charge in [-0.2, -0.15) is 4.98 Å². The molecule has 0 amide bonds. The third kappa shape index (κ3) is 3.36. The van der Waals surface area contributed by atoms with Crippen molar-refractivity contribution in [2.75, 3.05) is 13.7 Å². The van der Waals surface area contributed by atoms with Crippen molar-refractivity contribution in [1.82, 2.24) is 10.1 Å². The van der Waals surface area contributed by atoms with E-state index in [2.05, 4.69) is 24.0 Å².